The Kier molecular flexibility index (Phi) is 8.79. The third-order valence-electron chi connectivity index (χ3n) is 4.25. The van der Waals surface area contributed by atoms with Gasteiger partial charge in [-0.3, -0.25) is 0 Å². The van der Waals surface area contributed by atoms with Crippen molar-refractivity contribution >= 4 is 28.7 Å². The number of aliphatic carboxylic acids is 2. The van der Waals surface area contributed by atoms with Gasteiger partial charge in [0.15, 0.2) is 0 Å². The van der Waals surface area contributed by atoms with Crippen LogP contribution in [0.4, 0.5) is 10.3 Å². The molecule has 0 amide bonds. The maximum absolute atomic E-state index is 14.1. The summed E-state index contributed by atoms with van der Waals surface area (Å²) in [7, 11) is 0. The highest BCUT2D eigenvalue weighted by Gasteiger charge is 2.13. The summed E-state index contributed by atoms with van der Waals surface area (Å²) in [5.74, 6) is -2.06. The minimum Gasteiger partial charge on any atom is -0.478 e. The lowest BCUT2D eigenvalue weighted by atomic mass is 10.00. The van der Waals surface area contributed by atoms with Crippen LogP contribution >= 0.6 is 0 Å². The summed E-state index contributed by atoms with van der Waals surface area (Å²) < 4.78 is 14.1. The number of carboxylic acids is 2. The largest absolute Gasteiger partial charge is 0.478 e. The van der Waals surface area contributed by atoms with Crippen LogP contribution in [0.1, 0.15) is 25.5 Å². The molecule has 0 bridgehead atoms. The zero-order chi connectivity index (χ0) is 23.7. The van der Waals surface area contributed by atoms with Crippen LogP contribution in [0.2, 0.25) is 0 Å². The SMILES string of the molecule is CC(C)c1cc(-c2ccc(F)c3ccccc23)nc(NCCO)n1.O=C(O)C=CC(=O)O. The predicted molar refractivity (Wildman–Crippen MR) is 119 cm³/mol. The molecule has 0 radical (unpaired) electrons. The van der Waals surface area contributed by atoms with Gasteiger partial charge in [0.05, 0.1) is 12.3 Å². The van der Waals surface area contributed by atoms with Crippen LogP contribution in [0.15, 0.2) is 54.6 Å². The fourth-order valence-corrected chi connectivity index (χ4v) is 2.77. The van der Waals surface area contributed by atoms with Gasteiger partial charge in [-0.15, -0.1) is 0 Å². The monoisotopic (exact) mass is 441 g/mol. The number of anilines is 1. The van der Waals surface area contributed by atoms with Crippen molar-refractivity contribution in [2.24, 2.45) is 0 Å². The highest BCUT2D eigenvalue weighted by Crippen LogP contribution is 2.31. The Hall–Kier alpha value is -3.85. The van der Waals surface area contributed by atoms with Crippen LogP contribution < -0.4 is 5.32 Å². The van der Waals surface area contributed by atoms with E-state index in [0.717, 1.165) is 22.3 Å². The minimum absolute atomic E-state index is 0.00405. The van der Waals surface area contributed by atoms with Crippen LogP contribution in [0.5, 0.6) is 0 Å². The first-order chi connectivity index (χ1) is 15.2. The molecule has 2 aromatic carbocycles. The summed E-state index contributed by atoms with van der Waals surface area (Å²) >= 11 is 0. The summed E-state index contributed by atoms with van der Waals surface area (Å²) in [6.07, 6.45) is 1.12. The van der Waals surface area contributed by atoms with Crippen LogP contribution in [0.25, 0.3) is 22.0 Å². The normalized spacial score (nSPS) is 10.8. The molecule has 0 unspecified atom stereocenters. The molecule has 0 atom stereocenters. The van der Waals surface area contributed by atoms with Gasteiger partial charge in [-0.2, -0.15) is 0 Å². The van der Waals surface area contributed by atoms with Crippen molar-refractivity contribution in [1.82, 2.24) is 9.97 Å². The molecule has 168 valence electrons. The minimum atomic E-state index is -1.26. The molecule has 0 spiro atoms. The highest BCUT2D eigenvalue weighted by molar-refractivity contribution is 5.96. The number of aliphatic hydroxyl groups excluding tert-OH is 1. The molecule has 4 N–H and O–H groups in total. The van der Waals surface area contributed by atoms with Gasteiger partial charge in [-0.05, 0) is 29.5 Å². The molecule has 0 saturated heterocycles. The first kappa shape index (κ1) is 24.4. The van der Waals surface area contributed by atoms with Gasteiger partial charge in [0.2, 0.25) is 5.95 Å². The molecule has 0 saturated carbocycles. The molecular formula is C23H24FN3O5. The molecule has 0 aliphatic carbocycles. The summed E-state index contributed by atoms with van der Waals surface area (Å²) in [6.45, 7) is 4.50. The fourth-order valence-electron chi connectivity index (χ4n) is 2.77. The van der Waals surface area contributed by atoms with Gasteiger partial charge in [-0.1, -0.05) is 38.1 Å². The third-order valence-corrected chi connectivity index (χ3v) is 4.25. The van der Waals surface area contributed by atoms with Crippen molar-refractivity contribution in [2.45, 2.75) is 19.8 Å². The van der Waals surface area contributed by atoms with E-state index in [2.05, 4.69) is 29.1 Å². The molecule has 9 heteroatoms. The maximum atomic E-state index is 14.1. The third kappa shape index (κ3) is 6.85. The van der Waals surface area contributed by atoms with Gasteiger partial charge in [0, 0.05) is 35.3 Å². The Labute approximate surface area is 184 Å². The Balaban J connectivity index is 0.000000390. The lowest BCUT2D eigenvalue weighted by Crippen LogP contribution is -2.10. The molecule has 3 aromatic rings. The van der Waals surface area contributed by atoms with Crippen molar-refractivity contribution in [3.8, 4) is 11.3 Å². The van der Waals surface area contributed by atoms with Gasteiger partial charge in [0.1, 0.15) is 5.82 Å². The number of aromatic nitrogens is 2. The zero-order valence-corrected chi connectivity index (χ0v) is 17.6. The summed E-state index contributed by atoms with van der Waals surface area (Å²) in [4.78, 5) is 28.1. The fraction of sp³-hybridized carbons (Fsp3) is 0.217. The van der Waals surface area contributed by atoms with Gasteiger partial charge < -0.3 is 20.6 Å². The number of nitrogens with zero attached hydrogens (tertiary/aromatic N) is 2. The van der Waals surface area contributed by atoms with E-state index in [4.69, 9.17) is 15.3 Å². The number of halogens is 1. The Morgan fingerprint density at radius 1 is 1.03 bits per heavy atom. The van der Waals surface area contributed by atoms with Crippen LogP contribution in [-0.4, -0.2) is 50.4 Å². The molecule has 0 fully saturated rings. The van der Waals surface area contributed by atoms with Crippen molar-refractivity contribution in [3.63, 3.8) is 0 Å². The van der Waals surface area contributed by atoms with Crippen molar-refractivity contribution < 1.29 is 29.3 Å². The molecule has 8 nitrogen and oxygen atoms in total. The van der Waals surface area contributed by atoms with Crippen molar-refractivity contribution in [1.29, 1.82) is 0 Å². The van der Waals surface area contributed by atoms with Crippen LogP contribution in [0, 0.1) is 5.82 Å². The number of rotatable bonds is 7. The van der Waals surface area contributed by atoms with Gasteiger partial charge >= 0.3 is 11.9 Å². The quantitative estimate of drug-likeness (QED) is 0.408. The number of carboxylic acid groups (broad SMARTS) is 2. The van der Waals surface area contributed by atoms with Crippen LogP contribution in [0.3, 0.4) is 0 Å². The molecule has 0 aliphatic rings. The van der Waals surface area contributed by atoms with E-state index in [1.54, 1.807) is 12.1 Å². The standard InChI is InChI=1S/C19H20FN3O.C4H4O4/c1-12(2)17-11-18(23-19(22-17)21-9-10-24)15-7-8-16(20)14-6-4-3-5-13(14)15;5-3(6)1-2-4(7)8/h3-8,11-12,24H,9-10H2,1-2H3,(H,21,22,23);1-2H,(H,5,6)(H,7,8). The number of hydrogen-bond donors (Lipinski definition) is 4. The summed E-state index contributed by atoms with van der Waals surface area (Å²) in [5.41, 5.74) is 2.50. The number of aliphatic hydroxyl groups is 1. The van der Waals surface area contributed by atoms with Crippen LogP contribution in [-0.2, 0) is 9.59 Å². The average molecular weight is 441 g/mol. The number of hydrogen-bond acceptors (Lipinski definition) is 6. The zero-order valence-electron chi connectivity index (χ0n) is 17.6. The van der Waals surface area contributed by atoms with E-state index in [1.165, 1.54) is 6.07 Å². The second kappa shape index (κ2) is 11.5. The van der Waals surface area contributed by atoms with E-state index < -0.39 is 11.9 Å². The second-order valence-electron chi connectivity index (χ2n) is 6.96. The first-order valence-corrected chi connectivity index (χ1v) is 9.78. The smallest absolute Gasteiger partial charge is 0.328 e. The number of carbonyl (C=O) groups is 2. The highest BCUT2D eigenvalue weighted by atomic mass is 19.1. The molecule has 32 heavy (non-hydrogen) atoms. The maximum Gasteiger partial charge on any atom is 0.328 e. The summed E-state index contributed by atoms with van der Waals surface area (Å²) in [5, 5.41) is 29.0. The molecule has 3 rings (SSSR count). The first-order valence-electron chi connectivity index (χ1n) is 9.78. The topological polar surface area (TPSA) is 133 Å². The summed E-state index contributed by atoms with van der Waals surface area (Å²) in [6, 6.07) is 12.5. The van der Waals surface area contributed by atoms with Crippen molar-refractivity contribution in [3.05, 3.63) is 66.1 Å². The van der Waals surface area contributed by atoms with E-state index in [9.17, 15) is 14.0 Å². The van der Waals surface area contributed by atoms with E-state index >= 15 is 0 Å². The Bertz CT molecular complexity index is 1120. The lowest BCUT2D eigenvalue weighted by Gasteiger charge is -2.13. The number of nitrogens with one attached hydrogen (secondary N) is 1. The average Bonchev–Trinajstić information content (AvgIpc) is 2.77. The van der Waals surface area contributed by atoms with E-state index in [0.29, 0.717) is 30.0 Å². The van der Waals surface area contributed by atoms with E-state index in [-0.39, 0.29) is 18.3 Å². The predicted octanol–water partition coefficient (Wildman–Crippen LogP) is 3.68. The number of fused-ring (bicyclic) bond motifs is 1. The second-order valence-corrected chi connectivity index (χ2v) is 6.96. The number of benzene rings is 2. The van der Waals surface area contributed by atoms with E-state index in [1.807, 2.05) is 24.3 Å². The molecule has 1 heterocycles. The Morgan fingerprint density at radius 3 is 2.22 bits per heavy atom. The molecule has 0 aliphatic heterocycles. The Morgan fingerprint density at radius 2 is 1.66 bits per heavy atom. The van der Waals surface area contributed by atoms with Gasteiger partial charge in [0.25, 0.3) is 0 Å². The lowest BCUT2D eigenvalue weighted by molar-refractivity contribution is -0.134. The van der Waals surface area contributed by atoms with Gasteiger partial charge in [-0.25, -0.2) is 23.9 Å². The molecular weight excluding hydrogens is 417 g/mol. The molecule has 1 aromatic heterocycles. The van der Waals surface area contributed by atoms with Crippen molar-refractivity contribution in [2.75, 3.05) is 18.5 Å².